The molecule has 0 aliphatic heterocycles. The molecule has 0 fully saturated rings. The highest BCUT2D eigenvalue weighted by atomic mass is 16.5. The number of aryl methyl sites for hydroxylation is 1. The first-order valence-corrected chi connectivity index (χ1v) is 8.56. The van der Waals surface area contributed by atoms with E-state index in [2.05, 4.69) is 10.6 Å². The van der Waals surface area contributed by atoms with Crippen LogP contribution in [0.5, 0.6) is 5.75 Å². The maximum Gasteiger partial charge on any atom is 0.243 e. The molecule has 3 aromatic rings. The third-order valence-electron chi connectivity index (χ3n) is 3.87. The summed E-state index contributed by atoms with van der Waals surface area (Å²) in [4.78, 5) is 12.1. The van der Waals surface area contributed by atoms with Crippen molar-refractivity contribution in [2.24, 2.45) is 0 Å². The molecule has 26 heavy (non-hydrogen) atoms. The van der Waals surface area contributed by atoms with Gasteiger partial charge in [0.1, 0.15) is 12.4 Å². The van der Waals surface area contributed by atoms with E-state index in [1.807, 2.05) is 85.8 Å². The average molecular weight is 346 g/mol. The van der Waals surface area contributed by atoms with Crippen molar-refractivity contribution < 1.29 is 9.53 Å². The van der Waals surface area contributed by atoms with E-state index in [0.717, 1.165) is 17.0 Å². The Morgan fingerprint density at radius 1 is 0.885 bits per heavy atom. The molecule has 2 N–H and O–H groups in total. The topological polar surface area (TPSA) is 50.4 Å². The van der Waals surface area contributed by atoms with E-state index in [9.17, 15) is 4.79 Å². The molecule has 0 spiro atoms. The minimum atomic E-state index is -0.106. The highest BCUT2D eigenvalue weighted by Gasteiger charge is 2.04. The Morgan fingerprint density at radius 3 is 2.42 bits per heavy atom. The third kappa shape index (κ3) is 5.38. The van der Waals surface area contributed by atoms with E-state index in [0.29, 0.717) is 12.3 Å². The number of ether oxygens (including phenoxy) is 1. The van der Waals surface area contributed by atoms with Crippen molar-refractivity contribution in [1.29, 1.82) is 0 Å². The Labute approximate surface area is 153 Å². The number of carbonyl (C=O) groups excluding carboxylic acids is 1. The zero-order valence-electron chi connectivity index (χ0n) is 14.7. The number of carbonyl (C=O) groups is 1. The lowest BCUT2D eigenvalue weighted by Gasteiger charge is -2.10. The maximum atomic E-state index is 12.1. The molecule has 0 aliphatic rings. The molecule has 0 aromatic heterocycles. The Balaban J connectivity index is 1.51. The first kappa shape index (κ1) is 17.5. The molecule has 3 aromatic carbocycles. The smallest absolute Gasteiger partial charge is 0.243 e. The van der Waals surface area contributed by atoms with Crippen LogP contribution in [-0.2, 0) is 11.4 Å². The Hall–Kier alpha value is -3.27. The van der Waals surface area contributed by atoms with Gasteiger partial charge in [-0.3, -0.25) is 4.79 Å². The van der Waals surface area contributed by atoms with E-state index < -0.39 is 0 Å². The van der Waals surface area contributed by atoms with Gasteiger partial charge in [-0.2, -0.15) is 0 Å². The summed E-state index contributed by atoms with van der Waals surface area (Å²) in [6.07, 6.45) is 0. The normalized spacial score (nSPS) is 10.2. The summed E-state index contributed by atoms with van der Waals surface area (Å²) in [5, 5.41) is 5.99. The van der Waals surface area contributed by atoms with Gasteiger partial charge >= 0.3 is 0 Å². The number of hydrogen-bond acceptors (Lipinski definition) is 3. The Bertz CT molecular complexity index is 846. The number of benzene rings is 3. The number of hydrogen-bond donors (Lipinski definition) is 2. The second-order valence-corrected chi connectivity index (χ2v) is 6.07. The predicted molar refractivity (Wildman–Crippen MR) is 106 cm³/mol. The number of rotatable bonds is 7. The number of amides is 1. The van der Waals surface area contributed by atoms with Gasteiger partial charge in [0.25, 0.3) is 0 Å². The molecule has 0 saturated heterocycles. The van der Waals surface area contributed by atoms with Crippen molar-refractivity contribution in [1.82, 2.24) is 0 Å². The van der Waals surface area contributed by atoms with Crippen LogP contribution in [0, 0.1) is 6.92 Å². The molecule has 0 radical (unpaired) electrons. The summed E-state index contributed by atoms with van der Waals surface area (Å²) < 4.78 is 5.79. The highest BCUT2D eigenvalue weighted by Crippen LogP contribution is 2.18. The summed E-state index contributed by atoms with van der Waals surface area (Å²) in [6, 6.07) is 25.3. The quantitative estimate of drug-likeness (QED) is 0.656. The summed E-state index contributed by atoms with van der Waals surface area (Å²) in [5.74, 6) is 0.615. The van der Waals surface area contributed by atoms with Gasteiger partial charge in [-0.15, -0.1) is 0 Å². The fourth-order valence-corrected chi connectivity index (χ4v) is 2.46. The lowest BCUT2D eigenvalue weighted by Crippen LogP contribution is -2.21. The van der Waals surface area contributed by atoms with E-state index in [-0.39, 0.29) is 12.5 Å². The summed E-state index contributed by atoms with van der Waals surface area (Å²) in [7, 11) is 0. The fourth-order valence-electron chi connectivity index (χ4n) is 2.46. The van der Waals surface area contributed by atoms with Crippen LogP contribution in [0.4, 0.5) is 11.4 Å². The number of nitrogens with one attached hydrogen (secondary N) is 2. The monoisotopic (exact) mass is 346 g/mol. The molecule has 0 aliphatic carbocycles. The Kier molecular flexibility index (Phi) is 5.88. The van der Waals surface area contributed by atoms with Crippen molar-refractivity contribution >= 4 is 17.3 Å². The molecule has 0 bridgehead atoms. The molecule has 1 amide bonds. The van der Waals surface area contributed by atoms with E-state index in [1.165, 1.54) is 5.56 Å². The van der Waals surface area contributed by atoms with Crippen LogP contribution in [0.3, 0.4) is 0 Å². The van der Waals surface area contributed by atoms with Crippen molar-refractivity contribution in [2.45, 2.75) is 13.5 Å². The van der Waals surface area contributed by atoms with Gasteiger partial charge in [0.2, 0.25) is 5.91 Å². The first-order chi connectivity index (χ1) is 12.7. The lowest BCUT2D eigenvalue weighted by molar-refractivity contribution is -0.114. The van der Waals surface area contributed by atoms with Crippen LogP contribution in [0.1, 0.15) is 11.1 Å². The second kappa shape index (κ2) is 8.72. The lowest BCUT2D eigenvalue weighted by atomic mass is 10.2. The van der Waals surface area contributed by atoms with Gasteiger partial charge < -0.3 is 15.4 Å². The molecule has 132 valence electrons. The van der Waals surface area contributed by atoms with E-state index in [1.54, 1.807) is 0 Å². The van der Waals surface area contributed by atoms with Crippen LogP contribution in [0.2, 0.25) is 0 Å². The molecule has 0 saturated carbocycles. The maximum absolute atomic E-state index is 12.1. The van der Waals surface area contributed by atoms with Crippen LogP contribution < -0.4 is 15.4 Å². The minimum Gasteiger partial charge on any atom is -0.489 e. The molecule has 3 rings (SSSR count). The largest absolute Gasteiger partial charge is 0.489 e. The average Bonchev–Trinajstić information content (AvgIpc) is 2.67. The SMILES string of the molecule is Cc1ccc(NCC(=O)Nc2cccc(OCc3ccccc3)c2)cc1. The third-order valence-corrected chi connectivity index (χ3v) is 3.87. The molecule has 0 heterocycles. The fraction of sp³-hybridized carbons (Fsp3) is 0.136. The number of anilines is 2. The van der Waals surface area contributed by atoms with Gasteiger partial charge in [0.05, 0.1) is 6.54 Å². The molecular formula is C22H22N2O2. The first-order valence-electron chi connectivity index (χ1n) is 8.56. The van der Waals surface area contributed by atoms with Crippen LogP contribution in [0.25, 0.3) is 0 Å². The van der Waals surface area contributed by atoms with Crippen molar-refractivity contribution in [3.8, 4) is 5.75 Å². The summed E-state index contributed by atoms with van der Waals surface area (Å²) in [6.45, 7) is 2.73. The zero-order chi connectivity index (χ0) is 18.2. The van der Waals surface area contributed by atoms with Crippen molar-refractivity contribution in [3.63, 3.8) is 0 Å². The van der Waals surface area contributed by atoms with Gasteiger partial charge in [-0.25, -0.2) is 0 Å². The van der Waals surface area contributed by atoms with Crippen LogP contribution >= 0.6 is 0 Å². The van der Waals surface area contributed by atoms with Crippen molar-refractivity contribution in [3.05, 3.63) is 90.0 Å². The van der Waals surface area contributed by atoms with Crippen molar-refractivity contribution in [2.75, 3.05) is 17.2 Å². The molecule has 4 nitrogen and oxygen atoms in total. The van der Waals surface area contributed by atoms with Gasteiger partial charge in [0.15, 0.2) is 0 Å². The van der Waals surface area contributed by atoms with E-state index in [4.69, 9.17) is 4.74 Å². The molecule has 0 atom stereocenters. The van der Waals surface area contributed by atoms with Crippen LogP contribution in [-0.4, -0.2) is 12.5 Å². The minimum absolute atomic E-state index is 0.106. The van der Waals surface area contributed by atoms with Gasteiger partial charge in [-0.1, -0.05) is 54.1 Å². The highest BCUT2D eigenvalue weighted by molar-refractivity contribution is 5.93. The summed E-state index contributed by atoms with van der Waals surface area (Å²) >= 11 is 0. The molecular weight excluding hydrogens is 324 g/mol. The van der Waals surface area contributed by atoms with E-state index >= 15 is 0 Å². The predicted octanol–water partition coefficient (Wildman–Crippen LogP) is 4.62. The molecule has 0 unspecified atom stereocenters. The second-order valence-electron chi connectivity index (χ2n) is 6.07. The Morgan fingerprint density at radius 2 is 1.65 bits per heavy atom. The summed E-state index contributed by atoms with van der Waals surface area (Å²) in [5.41, 5.74) is 3.92. The van der Waals surface area contributed by atoms with Gasteiger partial charge in [0, 0.05) is 17.4 Å². The van der Waals surface area contributed by atoms with Crippen LogP contribution in [0.15, 0.2) is 78.9 Å². The van der Waals surface area contributed by atoms with Gasteiger partial charge in [-0.05, 0) is 36.8 Å². The standard InChI is InChI=1S/C22H22N2O2/c1-17-10-12-19(13-11-17)23-15-22(25)24-20-8-5-9-21(14-20)26-16-18-6-3-2-4-7-18/h2-14,23H,15-16H2,1H3,(H,24,25). The molecule has 4 heteroatoms. The zero-order valence-corrected chi connectivity index (χ0v) is 14.7.